The third kappa shape index (κ3) is 5.14. The molecule has 0 aliphatic carbocycles. The molecule has 1 aromatic heterocycles. The average molecular weight is 367 g/mol. The molecule has 1 heterocycles. The molecule has 0 radical (unpaired) electrons. The Kier molecular flexibility index (Phi) is 7.17. The molecule has 6 heteroatoms. The first-order valence-corrected chi connectivity index (χ1v) is 8.76. The van der Waals surface area contributed by atoms with E-state index in [1.807, 2.05) is 20.8 Å². The van der Waals surface area contributed by atoms with E-state index >= 15 is 0 Å². The average Bonchev–Trinajstić information content (AvgIpc) is 2.58. The standard InChI is InChI=1S/C19H24ClFN2O2/c1-4-25-19-8-5-13(20)9-14(19)16-7-6-15(21)17(23-16)10-22-18(11-24)12(2)3/h5-9,12,18,22,24H,4,10-11H2,1-3H3/t18-/m0/s1. The van der Waals surface area contributed by atoms with Crippen molar-refractivity contribution in [2.45, 2.75) is 33.4 Å². The highest BCUT2D eigenvalue weighted by Crippen LogP contribution is 2.32. The van der Waals surface area contributed by atoms with Gasteiger partial charge in [-0.2, -0.15) is 0 Å². The highest BCUT2D eigenvalue weighted by molar-refractivity contribution is 6.30. The van der Waals surface area contributed by atoms with Crippen LogP contribution in [0.5, 0.6) is 5.75 Å². The molecule has 2 aromatic rings. The Morgan fingerprint density at radius 2 is 2.04 bits per heavy atom. The van der Waals surface area contributed by atoms with Gasteiger partial charge in [-0.05, 0) is 43.2 Å². The number of aliphatic hydroxyl groups excluding tert-OH is 1. The summed E-state index contributed by atoms with van der Waals surface area (Å²) >= 11 is 6.10. The molecule has 0 aliphatic heterocycles. The molecule has 0 spiro atoms. The van der Waals surface area contributed by atoms with Gasteiger partial charge in [0.25, 0.3) is 0 Å². The van der Waals surface area contributed by atoms with Gasteiger partial charge in [0.1, 0.15) is 11.6 Å². The summed E-state index contributed by atoms with van der Waals surface area (Å²) < 4.78 is 19.8. The first-order chi connectivity index (χ1) is 12.0. The minimum atomic E-state index is -0.392. The van der Waals surface area contributed by atoms with Gasteiger partial charge in [0, 0.05) is 23.2 Å². The predicted molar refractivity (Wildman–Crippen MR) is 98.4 cm³/mol. The highest BCUT2D eigenvalue weighted by Gasteiger charge is 2.15. The lowest BCUT2D eigenvalue weighted by molar-refractivity contribution is 0.209. The molecule has 0 fully saturated rings. The molecule has 2 N–H and O–H groups in total. The third-order valence-electron chi connectivity index (χ3n) is 3.97. The monoisotopic (exact) mass is 366 g/mol. The third-order valence-corrected chi connectivity index (χ3v) is 4.20. The van der Waals surface area contributed by atoms with Crippen molar-refractivity contribution in [2.24, 2.45) is 5.92 Å². The number of halogens is 2. The molecule has 2 rings (SSSR count). The second kappa shape index (κ2) is 9.13. The zero-order valence-electron chi connectivity index (χ0n) is 14.7. The lowest BCUT2D eigenvalue weighted by Gasteiger charge is -2.20. The summed E-state index contributed by atoms with van der Waals surface area (Å²) in [5.74, 6) is 0.491. The minimum Gasteiger partial charge on any atom is -0.493 e. The van der Waals surface area contributed by atoms with Crippen LogP contribution in [0.1, 0.15) is 26.5 Å². The van der Waals surface area contributed by atoms with Crippen LogP contribution in [-0.2, 0) is 6.54 Å². The van der Waals surface area contributed by atoms with Gasteiger partial charge in [-0.25, -0.2) is 9.37 Å². The number of benzene rings is 1. The fraction of sp³-hybridized carbons (Fsp3) is 0.421. The molecule has 1 aromatic carbocycles. The van der Waals surface area contributed by atoms with Crippen LogP contribution in [0.4, 0.5) is 4.39 Å². The van der Waals surface area contributed by atoms with Crippen molar-refractivity contribution < 1.29 is 14.2 Å². The molecular weight excluding hydrogens is 343 g/mol. The SMILES string of the molecule is CCOc1ccc(Cl)cc1-c1ccc(F)c(CN[C@@H](CO)C(C)C)n1. The number of aliphatic hydroxyl groups is 1. The van der Waals surface area contributed by atoms with Crippen LogP contribution in [0, 0.1) is 11.7 Å². The Bertz CT molecular complexity index is 710. The van der Waals surface area contributed by atoms with Crippen LogP contribution in [0.25, 0.3) is 11.3 Å². The molecule has 0 amide bonds. The number of hydrogen-bond donors (Lipinski definition) is 2. The van der Waals surface area contributed by atoms with Crippen molar-refractivity contribution in [3.8, 4) is 17.0 Å². The van der Waals surface area contributed by atoms with Crippen molar-refractivity contribution in [2.75, 3.05) is 13.2 Å². The van der Waals surface area contributed by atoms with Crippen LogP contribution < -0.4 is 10.1 Å². The largest absolute Gasteiger partial charge is 0.493 e. The lowest BCUT2D eigenvalue weighted by atomic mass is 10.1. The highest BCUT2D eigenvalue weighted by atomic mass is 35.5. The van der Waals surface area contributed by atoms with E-state index in [1.54, 1.807) is 24.3 Å². The van der Waals surface area contributed by atoms with E-state index in [0.717, 1.165) is 5.56 Å². The van der Waals surface area contributed by atoms with Gasteiger partial charge >= 0.3 is 0 Å². The number of aromatic nitrogens is 1. The van der Waals surface area contributed by atoms with Crippen molar-refractivity contribution in [1.29, 1.82) is 0 Å². The van der Waals surface area contributed by atoms with E-state index in [2.05, 4.69) is 10.3 Å². The van der Waals surface area contributed by atoms with E-state index < -0.39 is 5.82 Å². The number of rotatable bonds is 8. The fourth-order valence-electron chi connectivity index (χ4n) is 2.48. The number of nitrogens with one attached hydrogen (secondary N) is 1. The van der Waals surface area contributed by atoms with Crippen molar-refractivity contribution in [3.05, 3.63) is 46.9 Å². The molecule has 25 heavy (non-hydrogen) atoms. The molecule has 0 aliphatic rings. The van der Waals surface area contributed by atoms with E-state index in [1.165, 1.54) is 6.07 Å². The van der Waals surface area contributed by atoms with Gasteiger partial charge < -0.3 is 15.2 Å². The van der Waals surface area contributed by atoms with E-state index in [9.17, 15) is 9.50 Å². The Morgan fingerprint density at radius 1 is 1.28 bits per heavy atom. The molecular formula is C19H24ClFN2O2. The van der Waals surface area contributed by atoms with Crippen LogP contribution in [0.3, 0.4) is 0 Å². The molecule has 0 bridgehead atoms. The Hall–Kier alpha value is -1.69. The normalized spacial score (nSPS) is 12.4. The second-order valence-corrected chi connectivity index (χ2v) is 6.55. The second-order valence-electron chi connectivity index (χ2n) is 6.11. The fourth-order valence-corrected chi connectivity index (χ4v) is 2.65. The summed E-state index contributed by atoms with van der Waals surface area (Å²) in [5.41, 5.74) is 1.60. The topological polar surface area (TPSA) is 54.4 Å². The number of nitrogens with zero attached hydrogens (tertiary/aromatic N) is 1. The predicted octanol–water partition coefficient (Wildman–Crippen LogP) is 4.05. The maximum absolute atomic E-state index is 14.1. The first kappa shape index (κ1) is 19.6. The summed E-state index contributed by atoms with van der Waals surface area (Å²) in [7, 11) is 0. The Morgan fingerprint density at radius 3 is 2.68 bits per heavy atom. The van der Waals surface area contributed by atoms with Crippen LogP contribution in [-0.4, -0.2) is 29.3 Å². The summed E-state index contributed by atoms with van der Waals surface area (Å²) in [4.78, 5) is 4.43. The zero-order valence-corrected chi connectivity index (χ0v) is 15.5. The maximum Gasteiger partial charge on any atom is 0.146 e. The summed E-state index contributed by atoms with van der Waals surface area (Å²) in [6.07, 6.45) is 0. The smallest absolute Gasteiger partial charge is 0.146 e. The molecule has 0 saturated carbocycles. The zero-order chi connectivity index (χ0) is 18.4. The summed E-state index contributed by atoms with van der Waals surface area (Å²) in [6.45, 7) is 6.61. The molecule has 1 atom stereocenters. The van der Waals surface area contributed by atoms with Gasteiger partial charge in [0.05, 0.1) is 24.6 Å². The lowest BCUT2D eigenvalue weighted by Crippen LogP contribution is -2.36. The van der Waals surface area contributed by atoms with Gasteiger partial charge in [-0.1, -0.05) is 25.4 Å². The van der Waals surface area contributed by atoms with Gasteiger partial charge in [-0.3, -0.25) is 0 Å². The molecule has 0 saturated heterocycles. The van der Waals surface area contributed by atoms with Crippen LogP contribution in [0.15, 0.2) is 30.3 Å². The Labute approximate surface area is 153 Å². The molecule has 136 valence electrons. The van der Waals surface area contributed by atoms with Crippen LogP contribution in [0.2, 0.25) is 5.02 Å². The number of ether oxygens (including phenoxy) is 1. The number of pyridine rings is 1. The number of hydrogen-bond acceptors (Lipinski definition) is 4. The van der Waals surface area contributed by atoms with E-state index in [4.69, 9.17) is 16.3 Å². The van der Waals surface area contributed by atoms with Gasteiger partial charge in [0.2, 0.25) is 0 Å². The molecule has 4 nitrogen and oxygen atoms in total. The minimum absolute atomic E-state index is 0.0121. The van der Waals surface area contributed by atoms with E-state index in [0.29, 0.717) is 28.8 Å². The van der Waals surface area contributed by atoms with Crippen LogP contribution >= 0.6 is 11.6 Å². The van der Waals surface area contributed by atoms with Gasteiger partial charge in [0.15, 0.2) is 0 Å². The maximum atomic E-state index is 14.1. The summed E-state index contributed by atoms with van der Waals surface area (Å²) in [6, 6.07) is 8.17. The van der Waals surface area contributed by atoms with Crippen molar-refractivity contribution in [3.63, 3.8) is 0 Å². The quantitative estimate of drug-likeness (QED) is 0.740. The van der Waals surface area contributed by atoms with E-state index in [-0.39, 0.29) is 25.1 Å². The van der Waals surface area contributed by atoms with Crippen molar-refractivity contribution in [1.82, 2.24) is 10.3 Å². The van der Waals surface area contributed by atoms with Gasteiger partial charge in [-0.15, -0.1) is 0 Å². The Balaban J connectivity index is 2.31. The van der Waals surface area contributed by atoms with Crippen molar-refractivity contribution >= 4 is 11.6 Å². The summed E-state index contributed by atoms with van der Waals surface area (Å²) in [5, 5.41) is 13.1. The first-order valence-electron chi connectivity index (χ1n) is 8.38. The molecule has 0 unspecified atom stereocenters.